The van der Waals surface area contributed by atoms with Gasteiger partial charge in [-0.15, -0.1) is 0 Å². The Morgan fingerprint density at radius 2 is 1.39 bits per heavy atom. The van der Waals surface area contributed by atoms with E-state index in [-0.39, 0.29) is 18.4 Å². The first-order valence-electron chi connectivity index (χ1n) is 12.5. The average Bonchev–Trinajstić information content (AvgIpc) is 3.45. The number of hydrogen-bond acceptors (Lipinski definition) is 6. The number of rotatable bonds is 12. The molecule has 0 aliphatic heterocycles. The average molecular weight is 512 g/mol. The van der Waals surface area contributed by atoms with E-state index in [9.17, 15) is 14.4 Å². The molecule has 194 valence electrons. The second-order valence-corrected chi connectivity index (χ2v) is 8.62. The van der Waals surface area contributed by atoms with Crippen molar-refractivity contribution in [2.24, 2.45) is 0 Å². The monoisotopic (exact) mass is 511 g/mol. The molecule has 1 heterocycles. The maximum absolute atomic E-state index is 12.9. The van der Waals surface area contributed by atoms with Crippen molar-refractivity contribution in [1.82, 2.24) is 15.6 Å². The summed E-state index contributed by atoms with van der Waals surface area (Å²) < 4.78 is 11.2. The highest BCUT2D eigenvalue weighted by molar-refractivity contribution is 5.96. The summed E-state index contributed by atoms with van der Waals surface area (Å²) in [6, 6.07) is 26.2. The molecule has 2 amide bonds. The van der Waals surface area contributed by atoms with Crippen LogP contribution in [0.25, 0.3) is 11.5 Å². The number of carbonyl (C=O) groups is 3. The van der Waals surface area contributed by atoms with Crippen molar-refractivity contribution >= 4 is 17.8 Å². The first-order valence-corrected chi connectivity index (χ1v) is 12.5. The molecule has 4 rings (SSSR count). The van der Waals surface area contributed by atoms with Crippen molar-refractivity contribution < 1.29 is 23.5 Å². The maximum atomic E-state index is 12.9. The Balaban J connectivity index is 1.31. The van der Waals surface area contributed by atoms with E-state index in [1.54, 1.807) is 36.4 Å². The minimum atomic E-state index is -0.857. The van der Waals surface area contributed by atoms with Crippen molar-refractivity contribution in [1.29, 1.82) is 0 Å². The van der Waals surface area contributed by atoms with Crippen LogP contribution in [0, 0.1) is 0 Å². The van der Waals surface area contributed by atoms with Gasteiger partial charge >= 0.3 is 5.97 Å². The van der Waals surface area contributed by atoms with Gasteiger partial charge in [0.25, 0.3) is 11.8 Å². The zero-order valence-corrected chi connectivity index (χ0v) is 20.8. The van der Waals surface area contributed by atoms with E-state index in [4.69, 9.17) is 9.15 Å². The van der Waals surface area contributed by atoms with Gasteiger partial charge in [-0.25, -0.2) is 9.78 Å². The third-order valence-corrected chi connectivity index (χ3v) is 5.80. The molecule has 3 aromatic carbocycles. The third kappa shape index (κ3) is 7.64. The maximum Gasteiger partial charge on any atom is 0.329 e. The Labute approximate surface area is 221 Å². The van der Waals surface area contributed by atoms with Crippen LogP contribution < -0.4 is 10.6 Å². The molecule has 0 bridgehead atoms. The summed E-state index contributed by atoms with van der Waals surface area (Å²) in [5, 5.41) is 5.65. The van der Waals surface area contributed by atoms with Crippen molar-refractivity contribution in [3.8, 4) is 11.5 Å². The number of ether oxygens (including phenoxy) is 1. The minimum absolute atomic E-state index is 0.108. The van der Waals surface area contributed by atoms with Gasteiger partial charge in [0.15, 0.2) is 12.4 Å². The van der Waals surface area contributed by atoms with Crippen LogP contribution in [-0.4, -0.2) is 35.4 Å². The Morgan fingerprint density at radius 3 is 2.05 bits per heavy atom. The van der Waals surface area contributed by atoms with Crippen LogP contribution in [0.15, 0.2) is 102 Å². The zero-order chi connectivity index (χ0) is 26.6. The molecule has 8 heteroatoms. The van der Waals surface area contributed by atoms with E-state index in [1.165, 1.54) is 6.20 Å². The predicted molar refractivity (Wildman–Crippen MR) is 142 cm³/mol. The molecule has 0 saturated carbocycles. The number of benzene rings is 3. The van der Waals surface area contributed by atoms with E-state index in [0.717, 1.165) is 5.56 Å². The van der Waals surface area contributed by atoms with E-state index in [2.05, 4.69) is 15.6 Å². The lowest BCUT2D eigenvalue weighted by Gasteiger charge is -2.17. The molecule has 0 aliphatic carbocycles. The van der Waals surface area contributed by atoms with Gasteiger partial charge < -0.3 is 19.8 Å². The SMILES string of the molecule is O=C(NCCCCC(NC(=O)c1ccccc1)C(=O)OCc1cnc(-c2ccccc2)o1)c1ccccc1. The minimum Gasteiger partial charge on any atom is -0.456 e. The van der Waals surface area contributed by atoms with Crippen LogP contribution in [0.3, 0.4) is 0 Å². The Bertz CT molecular complexity index is 1320. The van der Waals surface area contributed by atoms with Gasteiger partial charge in [-0.3, -0.25) is 9.59 Å². The highest BCUT2D eigenvalue weighted by atomic mass is 16.5. The Morgan fingerprint density at radius 1 is 0.789 bits per heavy atom. The van der Waals surface area contributed by atoms with Crippen molar-refractivity contribution in [2.75, 3.05) is 6.54 Å². The fourth-order valence-corrected chi connectivity index (χ4v) is 3.78. The Hall–Kier alpha value is -4.72. The van der Waals surface area contributed by atoms with Crippen LogP contribution in [-0.2, 0) is 16.1 Å². The summed E-state index contributed by atoms with van der Waals surface area (Å²) in [6.45, 7) is 0.339. The van der Waals surface area contributed by atoms with Crippen molar-refractivity contribution in [3.63, 3.8) is 0 Å². The lowest BCUT2D eigenvalue weighted by molar-refractivity contribution is -0.148. The van der Waals surface area contributed by atoms with Crippen LogP contribution >= 0.6 is 0 Å². The summed E-state index contributed by atoms with van der Waals surface area (Å²) in [7, 11) is 0. The molecule has 0 radical (unpaired) electrons. The molecule has 0 spiro atoms. The zero-order valence-electron chi connectivity index (χ0n) is 20.8. The highest BCUT2D eigenvalue weighted by Gasteiger charge is 2.23. The number of unbranched alkanes of at least 4 members (excludes halogenated alkanes) is 1. The van der Waals surface area contributed by atoms with Gasteiger partial charge in [0.2, 0.25) is 5.89 Å². The van der Waals surface area contributed by atoms with Crippen LogP contribution in [0.1, 0.15) is 45.7 Å². The van der Waals surface area contributed by atoms with Gasteiger partial charge in [0, 0.05) is 23.2 Å². The summed E-state index contributed by atoms with van der Waals surface area (Å²) in [4.78, 5) is 42.1. The molecule has 8 nitrogen and oxygen atoms in total. The van der Waals surface area contributed by atoms with Gasteiger partial charge in [-0.1, -0.05) is 54.6 Å². The van der Waals surface area contributed by atoms with Gasteiger partial charge in [0.05, 0.1) is 6.20 Å². The predicted octanol–water partition coefficient (Wildman–Crippen LogP) is 4.78. The van der Waals surface area contributed by atoms with Gasteiger partial charge in [-0.2, -0.15) is 0 Å². The number of oxazole rings is 1. The molecule has 1 unspecified atom stereocenters. The van der Waals surface area contributed by atoms with Crippen LogP contribution in [0.4, 0.5) is 0 Å². The fourth-order valence-electron chi connectivity index (χ4n) is 3.78. The molecular weight excluding hydrogens is 482 g/mol. The topological polar surface area (TPSA) is 111 Å². The summed E-state index contributed by atoms with van der Waals surface area (Å²) >= 11 is 0. The van der Waals surface area contributed by atoms with E-state index >= 15 is 0 Å². The first kappa shape index (κ1) is 26.3. The first-order chi connectivity index (χ1) is 18.6. The van der Waals surface area contributed by atoms with E-state index in [1.807, 2.05) is 54.6 Å². The number of esters is 1. The molecule has 0 fully saturated rings. The lowest BCUT2D eigenvalue weighted by atomic mass is 10.1. The fraction of sp³-hybridized carbons (Fsp3) is 0.200. The molecule has 1 aromatic heterocycles. The number of hydrogen-bond donors (Lipinski definition) is 2. The molecule has 1 atom stereocenters. The molecule has 4 aromatic rings. The second kappa shape index (κ2) is 13.5. The van der Waals surface area contributed by atoms with E-state index in [0.29, 0.717) is 48.6 Å². The summed E-state index contributed by atoms with van der Waals surface area (Å²) in [5.74, 6) is -0.255. The Kier molecular flexibility index (Phi) is 9.39. The van der Waals surface area contributed by atoms with E-state index < -0.39 is 12.0 Å². The molecule has 38 heavy (non-hydrogen) atoms. The molecule has 2 N–H and O–H groups in total. The highest BCUT2D eigenvalue weighted by Crippen LogP contribution is 2.19. The summed E-state index contributed by atoms with van der Waals surface area (Å²) in [5.41, 5.74) is 1.85. The number of carbonyl (C=O) groups excluding carboxylic acids is 3. The van der Waals surface area contributed by atoms with Crippen molar-refractivity contribution in [3.05, 3.63) is 114 Å². The molecule has 0 saturated heterocycles. The summed E-state index contributed by atoms with van der Waals surface area (Å²) in [6.07, 6.45) is 3.09. The number of nitrogens with one attached hydrogen (secondary N) is 2. The molecule has 0 aliphatic rings. The van der Waals surface area contributed by atoms with Crippen molar-refractivity contribution in [2.45, 2.75) is 31.9 Å². The second-order valence-electron chi connectivity index (χ2n) is 8.62. The van der Waals surface area contributed by atoms with Gasteiger partial charge in [-0.05, 0) is 55.7 Å². The smallest absolute Gasteiger partial charge is 0.329 e. The third-order valence-electron chi connectivity index (χ3n) is 5.80. The normalized spacial score (nSPS) is 11.4. The standard InChI is InChI=1S/C30H29N3O5/c34-27(22-12-4-1-5-13-22)31-19-11-10-18-26(33-28(35)23-14-6-2-7-15-23)30(36)37-21-25-20-32-29(38-25)24-16-8-3-9-17-24/h1-9,12-17,20,26H,10-11,18-19,21H2,(H,31,34)(H,33,35). The number of nitrogens with zero attached hydrogens (tertiary/aromatic N) is 1. The van der Waals surface area contributed by atoms with Crippen LogP contribution in [0.5, 0.6) is 0 Å². The number of amides is 2. The van der Waals surface area contributed by atoms with Gasteiger partial charge in [0.1, 0.15) is 6.04 Å². The molecular formula is C30H29N3O5. The number of aromatic nitrogens is 1. The largest absolute Gasteiger partial charge is 0.456 e. The lowest BCUT2D eigenvalue weighted by Crippen LogP contribution is -2.42. The quantitative estimate of drug-likeness (QED) is 0.209. The van der Waals surface area contributed by atoms with Crippen LogP contribution in [0.2, 0.25) is 0 Å².